The zero-order valence-corrected chi connectivity index (χ0v) is 16.8. The summed E-state index contributed by atoms with van der Waals surface area (Å²) in [6, 6.07) is 2.43. The highest BCUT2D eigenvalue weighted by Crippen LogP contribution is 2.29. The molecule has 3 rings (SSSR count). The molecule has 0 aromatic carbocycles. The van der Waals surface area contributed by atoms with E-state index in [0.29, 0.717) is 12.3 Å². The van der Waals surface area contributed by atoms with E-state index in [4.69, 9.17) is 27.8 Å². The van der Waals surface area contributed by atoms with Gasteiger partial charge in [0.2, 0.25) is 5.88 Å². The molecule has 0 bridgehead atoms. The molecule has 1 amide bonds. The second kappa shape index (κ2) is 9.23. The Bertz CT molecular complexity index is 897. The number of nitrogens with one attached hydrogen (secondary N) is 2. The normalized spacial score (nSPS) is 18.9. The van der Waals surface area contributed by atoms with Crippen LogP contribution in [0.2, 0.25) is 5.02 Å². The van der Waals surface area contributed by atoms with Gasteiger partial charge in [0.15, 0.2) is 11.6 Å². The molecule has 0 radical (unpaired) electrons. The van der Waals surface area contributed by atoms with Crippen LogP contribution in [0.25, 0.3) is 0 Å². The Kier molecular flexibility index (Phi) is 6.71. The molecule has 0 aliphatic heterocycles. The number of carbonyl (C=O) groups excluding carboxylic acids is 1. The van der Waals surface area contributed by atoms with E-state index < -0.39 is 11.7 Å². The summed E-state index contributed by atoms with van der Waals surface area (Å²) < 4.78 is 19.9. The average molecular weight is 423 g/mol. The minimum atomic E-state index is -0.815. The van der Waals surface area contributed by atoms with Gasteiger partial charge in [0, 0.05) is 12.1 Å². The van der Waals surface area contributed by atoms with Crippen molar-refractivity contribution in [1.29, 1.82) is 0 Å². The quantitative estimate of drug-likeness (QED) is 0.539. The van der Waals surface area contributed by atoms with Crippen molar-refractivity contribution in [3.63, 3.8) is 0 Å². The maximum Gasteiger partial charge on any atom is 0.252 e. The zero-order chi connectivity index (χ0) is 21.0. The molecule has 29 heavy (non-hydrogen) atoms. The third kappa shape index (κ3) is 5.04. The molecule has 8 nitrogen and oxygen atoms in total. The lowest BCUT2D eigenvalue weighted by atomic mass is 9.91. The van der Waals surface area contributed by atoms with Crippen molar-refractivity contribution in [3.05, 3.63) is 34.7 Å². The third-order valence-corrected chi connectivity index (χ3v) is 5.00. The number of anilines is 3. The molecular formula is C19H24ClFN6O2. The molecular weight excluding hydrogens is 399 g/mol. The summed E-state index contributed by atoms with van der Waals surface area (Å²) in [5.74, 6) is -1.11. The molecule has 156 valence electrons. The summed E-state index contributed by atoms with van der Waals surface area (Å²) in [6.07, 6.45) is 5.21. The number of pyridine rings is 2. The van der Waals surface area contributed by atoms with Gasteiger partial charge in [0.25, 0.3) is 5.91 Å². The van der Waals surface area contributed by atoms with E-state index >= 15 is 0 Å². The number of primary amides is 1. The predicted octanol–water partition coefficient (Wildman–Crippen LogP) is 3.19. The first-order valence-electron chi connectivity index (χ1n) is 9.46. The van der Waals surface area contributed by atoms with Gasteiger partial charge in [-0.05, 0) is 31.9 Å². The van der Waals surface area contributed by atoms with E-state index in [1.807, 2.05) is 6.92 Å². The number of carbonyl (C=O) groups is 1. The average Bonchev–Trinajstić information content (AvgIpc) is 2.68. The predicted molar refractivity (Wildman–Crippen MR) is 110 cm³/mol. The Labute approximate surface area is 173 Å². The van der Waals surface area contributed by atoms with Gasteiger partial charge in [-0.25, -0.2) is 14.4 Å². The molecule has 2 heterocycles. The van der Waals surface area contributed by atoms with Gasteiger partial charge >= 0.3 is 0 Å². The van der Waals surface area contributed by atoms with Crippen molar-refractivity contribution >= 4 is 34.8 Å². The van der Waals surface area contributed by atoms with E-state index in [0.717, 1.165) is 31.7 Å². The molecule has 1 aliphatic carbocycles. The maximum absolute atomic E-state index is 14.6. The number of hydrogen-bond acceptors (Lipinski definition) is 7. The van der Waals surface area contributed by atoms with Crippen LogP contribution in [0.15, 0.2) is 18.3 Å². The van der Waals surface area contributed by atoms with Gasteiger partial charge in [-0.1, -0.05) is 24.4 Å². The molecule has 0 saturated heterocycles. The molecule has 10 heteroatoms. The topological polar surface area (TPSA) is 128 Å². The van der Waals surface area contributed by atoms with Crippen LogP contribution in [-0.4, -0.2) is 34.6 Å². The summed E-state index contributed by atoms with van der Waals surface area (Å²) >= 11 is 6.15. The van der Waals surface area contributed by atoms with E-state index in [2.05, 4.69) is 20.6 Å². The number of halogens is 2. The molecule has 1 fully saturated rings. The molecule has 2 atom stereocenters. The van der Waals surface area contributed by atoms with Crippen LogP contribution in [0.5, 0.6) is 5.88 Å². The molecule has 1 aliphatic rings. The molecule has 0 spiro atoms. The van der Waals surface area contributed by atoms with E-state index in [1.54, 1.807) is 6.07 Å². The standard InChI is InChI=1S/C19H24ClFN6O2/c1-2-29-19-12(20)7-10(9-24-19)25-17-11(16(23)28)8-13(21)18(27-17)26-15-6-4-3-5-14(15)22/h7-9,14-15H,2-6,22H2,1H3,(H2,23,28)(H2,25,26,27)/t14-,15+/m0/s1. The summed E-state index contributed by atoms with van der Waals surface area (Å²) in [6.45, 7) is 2.24. The molecule has 2 aromatic heterocycles. The van der Waals surface area contributed by atoms with E-state index in [1.165, 1.54) is 6.20 Å². The lowest BCUT2D eigenvalue weighted by molar-refractivity contribution is 0.100. The highest BCUT2D eigenvalue weighted by atomic mass is 35.5. The third-order valence-electron chi connectivity index (χ3n) is 4.73. The second-order valence-electron chi connectivity index (χ2n) is 6.85. The van der Waals surface area contributed by atoms with Crippen molar-refractivity contribution in [2.24, 2.45) is 11.5 Å². The highest BCUT2D eigenvalue weighted by Gasteiger charge is 2.24. The fraction of sp³-hybridized carbons (Fsp3) is 0.421. The van der Waals surface area contributed by atoms with Crippen molar-refractivity contribution in [3.8, 4) is 5.88 Å². The minimum absolute atomic E-state index is 0.00448. The van der Waals surface area contributed by atoms with Crippen LogP contribution < -0.4 is 26.8 Å². The Morgan fingerprint density at radius 1 is 1.34 bits per heavy atom. The van der Waals surface area contributed by atoms with Crippen LogP contribution >= 0.6 is 11.6 Å². The molecule has 2 aromatic rings. The first kappa shape index (κ1) is 21.1. The SMILES string of the molecule is CCOc1ncc(Nc2nc(N[C@@H]3CCCC[C@@H]3N)c(F)cc2C(N)=O)cc1Cl. The van der Waals surface area contributed by atoms with Crippen LogP contribution in [-0.2, 0) is 0 Å². The maximum atomic E-state index is 14.6. The smallest absolute Gasteiger partial charge is 0.252 e. The number of ether oxygens (including phenoxy) is 1. The lowest BCUT2D eigenvalue weighted by Crippen LogP contribution is -2.43. The highest BCUT2D eigenvalue weighted by molar-refractivity contribution is 6.32. The van der Waals surface area contributed by atoms with Gasteiger partial charge in [0.05, 0.1) is 24.1 Å². The minimum Gasteiger partial charge on any atom is -0.477 e. The first-order valence-corrected chi connectivity index (χ1v) is 9.84. The fourth-order valence-corrected chi connectivity index (χ4v) is 3.48. The van der Waals surface area contributed by atoms with E-state index in [9.17, 15) is 9.18 Å². The van der Waals surface area contributed by atoms with Gasteiger partial charge in [-0.2, -0.15) is 0 Å². The van der Waals surface area contributed by atoms with Crippen LogP contribution in [0.4, 0.5) is 21.7 Å². The second-order valence-corrected chi connectivity index (χ2v) is 7.25. The van der Waals surface area contributed by atoms with Gasteiger partial charge in [-0.15, -0.1) is 0 Å². The van der Waals surface area contributed by atoms with Crippen LogP contribution in [0.1, 0.15) is 43.0 Å². The van der Waals surface area contributed by atoms with Crippen molar-refractivity contribution in [1.82, 2.24) is 9.97 Å². The Hall–Kier alpha value is -2.65. The summed E-state index contributed by atoms with van der Waals surface area (Å²) in [5.41, 5.74) is 11.9. The summed E-state index contributed by atoms with van der Waals surface area (Å²) in [7, 11) is 0. The largest absolute Gasteiger partial charge is 0.477 e. The lowest BCUT2D eigenvalue weighted by Gasteiger charge is -2.30. The number of hydrogen-bond donors (Lipinski definition) is 4. The number of amides is 1. The summed E-state index contributed by atoms with van der Waals surface area (Å²) in [4.78, 5) is 20.2. The Morgan fingerprint density at radius 2 is 2.10 bits per heavy atom. The first-order chi connectivity index (χ1) is 13.9. The number of aromatic nitrogens is 2. The number of rotatable bonds is 7. The Morgan fingerprint density at radius 3 is 2.76 bits per heavy atom. The monoisotopic (exact) mass is 422 g/mol. The number of nitrogens with zero attached hydrogens (tertiary/aromatic N) is 2. The van der Waals surface area contributed by atoms with Gasteiger partial charge in [-0.3, -0.25) is 4.79 Å². The molecule has 1 saturated carbocycles. The van der Waals surface area contributed by atoms with Gasteiger partial charge < -0.3 is 26.8 Å². The fourth-order valence-electron chi connectivity index (χ4n) is 3.26. The van der Waals surface area contributed by atoms with E-state index in [-0.39, 0.29) is 40.2 Å². The molecule has 0 unspecified atom stereocenters. The molecule has 6 N–H and O–H groups in total. The van der Waals surface area contributed by atoms with Crippen molar-refractivity contribution in [2.45, 2.75) is 44.7 Å². The summed E-state index contributed by atoms with van der Waals surface area (Å²) in [5, 5.41) is 6.27. The van der Waals surface area contributed by atoms with Gasteiger partial charge in [0.1, 0.15) is 10.8 Å². The zero-order valence-electron chi connectivity index (χ0n) is 16.0. The number of nitrogens with two attached hydrogens (primary N) is 2. The van der Waals surface area contributed by atoms with Crippen LogP contribution in [0.3, 0.4) is 0 Å². The van der Waals surface area contributed by atoms with Crippen molar-refractivity contribution in [2.75, 3.05) is 17.2 Å². The Balaban J connectivity index is 1.89. The van der Waals surface area contributed by atoms with Crippen molar-refractivity contribution < 1.29 is 13.9 Å². The van der Waals surface area contributed by atoms with Crippen LogP contribution in [0, 0.1) is 5.82 Å².